The minimum atomic E-state index is -0.801. The molecule has 1 aliphatic heterocycles. The molecule has 1 saturated heterocycles. The van der Waals surface area contributed by atoms with Crippen LogP contribution in [0.1, 0.15) is 67.9 Å². The van der Waals surface area contributed by atoms with Gasteiger partial charge in [-0.25, -0.2) is 4.79 Å². The van der Waals surface area contributed by atoms with Crippen molar-refractivity contribution >= 4 is 35.0 Å². The molecule has 2 aromatic carbocycles. The maximum Gasteiger partial charge on any atom is 0.340 e. The highest BCUT2D eigenvalue weighted by molar-refractivity contribution is 6.41. The number of carbonyl (C=O) groups is 4. The molecular weight excluding hydrogens is 406 g/mol. The van der Waals surface area contributed by atoms with Crippen molar-refractivity contribution in [1.29, 1.82) is 0 Å². The van der Waals surface area contributed by atoms with Crippen LogP contribution in [0.4, 0.5) is 0 Å². The van der Waals surface area contributed by atoms with Gasteiger partial charge in [0.05, 0.1) is 16.1 Å². The molecule has 1 heterocycles. The van der Waals surface area contributed by atoms with Gasteiger partial charge in [0.1, 0.15) is 0 Å². The molecule has 6 nitrogen and oxygen atoms in total. The Morgan fingerprint density at radius 3 is 2.17 bits per heavy atom. The summed E-state index contributed by atoms with van der Waals surface area (Å²) in [5, 5.41) is -0.132. The lowest BCUT2D eigenvalue weighted by molar-refractivity contribution is -0.134. The van der Waals surface area contributed by atoms with E-state index in [9.17, 15) is 19.2 Å². The van der Waals surface area contributed by atoms with Crippen LogP contribution < -0.4 is 0 Å². The molecule has 0 unspecified atom stereocenters. The van der Waals surface area contributed by atoms with Gasteiger partial charge in [-0.05, 0) is 25.0 Å². The normalized spacial score (nSPS) is 15.8. The molecule has 1 aliphatic carbocycles. The van der Waals surface area contributed by atoms with Gasteiger partial charge in [-0.1, -0.05) is 48.7 Å². The fourth-order valence-corrected chi connectivity index (χ4v) is 4.25. The van der Waals surface area contributed by atoms with Gasteiger partial charge in [-0.2, -0.15) is 0 Å². The number of ether oxygens (including phenoxy) is 1. The SMILES string of the molecule is O=C(OCC(=O)N1CCCCCC1)c1ccc2c(c1Cl)C(=O)c1ccccc1C2=O. The van der Waals surface area contributed by atoms with E-state index in [1.54, 1.807) is 29.2 Å². The van der Waals surface area contributed by atoms with E-state index in [1.807, 2.05) is 0 Å². The van der Waals surface area contributed by atoms with Crippen molar-refractivity contribution in [3.05, 3.63) is 69.2 Å². The maximum atomic E-state index is 12.9. The molecule has 30 heavy (non-hydrogen) atoms. The van der Waals surface area contributed by atoms with Gasteiger partial charge in [0.15, 0.2) is 18.2 Å². The molecule has 7 heteroatoms. The molecule has 0 saturated carbocycles. The summed E-state index contributed by atoms with van der Waals surface area (Å²) in [6.07, 6.45) is 4.05. The summed E-state index contributed by atoms with van der Waals surface area (Å²) in [4.78, 5) is 52.3. The molecule has 154 valence electrons. The fourth-order valence-electron chi connectivity index (χ4n) is 3.92. The Kier molecular flexibility index (Phi) is 5.68. The Balaban J connectivity index is 1.54. The second-order valence-corrected chi connectivity index (χ2v) is 7.80. The Bertz CT molecular complexity index is 1050. The van der Waals surface area contributed by atoms with E-state index in [2.05, 4.69) is 0 Å². The molecule has 0 radical (unpaired) electrons. The Hall–Kier alpha value is -2.99. The van der Waals surface area contributed by atoms with E-state index in [4.69, 9.17) is 16.3 Å². The number of esters is 1. The summed E-state index contributed by atoms with van der Waals surface area (Å²) in [5.74, 6) is -1.79. The largest absolute Gasteiger partial charge is 0.452 e. The molecule has 2 aliphatic rings. The number of ketones is 2. The van der Waals surface area contributed by atoms with E-state index >= 15 is 0 Å². The number of likely N-dealkylation sites (tertiary alicyclic amines) is 1. The van der Waals surface area contributed by atoms with E-state index < -0.39 is 11.8 Å². The van der Waals surface area contributed by atoms with Crippen LogP contribution in [-0.2, 0) is 9.53 Å². The van der Waals surface area contributed by atoms with Crippen LogP contribution in [0.5, 0.6) is 0 Å². The van der Waals surface area contributed by atoms with E-state index in [0.717, 1.165) is 25.7 Å². The minimum absolute atomic E-state index is 0.00587. The van der Waals surface area contributed by atoms with Gasteiger partial charge < -0.3 is 9.64 Å². The number of halogens is 1. The van der Waals surface area contributed by atoms with Crippen LogP contribution in [0, 0.1) is 0 Å². The van der Waals surface area contributed by atoms with Crippen molar-refractivity contribution in [2.45, 2.75) is 25.7 Å². The smallest absolute Gasteiger partial charge is 0.340 e. The van der Waals surface area contributed by atoms with Crippen molar-refractivity contribution in [2.75, 3.05) is 19.7 Å². The maximum absolute atomic E-state index is 12.9. The zero-order chi connectivity index (χ0) is 21.3. The Morgan fingerprint density at radius 1 is 0.867 bits per heavy atom. The molecule has 0 aromatic heterocycles. The molecule has 4 rings (SSSR count). The summed E-state index contributed by atoms with van der Waals surface area (Å²) in [7, 11) is 0. The first-order chi connectivity index (χ1) is 14.5. The lowest BCUT2D eigenvalue weighted by Gasteiger charge is -2.21. The molecule has 0 spiro atoms. The third-order valence-corrected chi connectivity index (χ3v) is 5.93. The molecule has 0 atom stereocenters. The van der Waals surface area contributed by atoms with Gasteiger partial charge in [0, 0.05) is 29.8 Å². The fraction of sp³-hybridized carbons (Fsp3) is 0.304. The number of carbonyl (C=O) groups excluding carboxylic acids is 4. The summed E-state index contributed by atoms with van der Waals surface area (Å²) < 4.78 is 5.18. The molecule has 0 N–H and O–H groups in total. The van der Waals surface area contributed by atoms with Gasteiger partial charge >= 0.3 is 5.97 Å². The van der Waals surface area contributed by atoms with Crippen LogP contribution in [0.25, 0.3) is 0 Å². The van der Waals surface area contributed by atoms with Crippen molar-refractivity contribution in [3.63, 3.8) is 0 Å². The minimum Gasteiger partial charge on any atom is -0.452 e. The molecule has 1 amide bonds. The summed E-state index contributed by atoms with van der Waals surface area (Å²) in [6.45, 7) is 0.931. The predicted octanol–water partition coefficient (Wildman–Crippen LogP) is 3.67. The third-order valence-electron chi connectivity index (χ3n) is 5.54. The van der Waals surface area contributed by atoms with Gasteiger partial charge in [0.2, 0.25) is 0 Å². The first-order valence-electron chi connectivity index (χ1n) is 9.95. The summed E-state index contributed by atoms with van der Waals surface area (Å²) >= 11 is 6.36. The number of hydrogen-bond acceptors (Lipinski definition) is 5. The first kappa shape index (κ1) is 20.3. The average molecular weight is 426 g/mol. The highest BCUT2D eigenvalue weighted by Crippen LogP contribution is 2.34. The highest BCUT2D eigenvalue weighted by atomic mass is 35.5. The van der Waals surface area contributed by atoms with Gasteiger partial charge in [0.25, 0.3) is 5.91 Å². The lowest BCUT2D eigenvalue weighted by Crippen LogP contribution is -2.35. The van der Waals surface area contributed by atoms with Crippen LogP contribution in [0.15, 0.2) is 36.4 Å². The van der Waals surface area contributed by atoms with E-state index in [-0.39, 0.29) is 45.6 Å². The van der Waals surface area contributed by atoms with Crippen LogP contribution in [-0.4, -0.2) is 48.0 Å². The molecule has 1 fully saturated rings. The number of benzene rings is 2. The zero-order valence-corrected chi connectivity index (χ0v) is 17.0. The molecular formula is C23H20ClNO5. The van der Waals surface area contributed by atoms with E-state index in [1.165, 1.54) is 12.1 Å². The van der Waals surface area contributed by atoms with Crippen molar-refractivity contribution < 1.29 is 23.9 Å². The van der Waals surface area contributed by atoms with Crippen molar-refractivity contribution in [1.82, 2.24) is 4.90 Å². The van der Waals surface area contributed by atoms with Gasteiger partial charge in [-0.3, -0.25) is 14.4 Å². The summed E-state index contributed by atoms with van der Waals surface area (Å²) in [6, 6.07) is 9.26. The number of hydrogen-bond donors (Lipinski definition) is 0. The average Bonchev–Trinajstić information content (AvgIpc) is 3.05. The standard InChI is InChI=1S/C23H20ClNO5/c24-20-17(23(29)30-13-18(26)25-11-5-1-2-6-12-25)10-9-16-19(20)22(28)15-8-4-3-7-14(15)21(16)27/h3-4,7-10H,1-2,5-6,11-13H2. The Morgan fingerprint density at radius 2 is 1.50 bits per heavy atom. The molecule has 2 aromatic rings. The monoisotopic (exact) mass is 425 g/mol. The highest BCUT2D eigenvalue weighted by Gasteiger charge is 2.33. The first-order valence-corrected chi connectivity index (χ1v) is 10.3. The number of rotatable bonds is 3. The quantitative estimate of drug-likeness (QED) is 0.598. The topological polar surface area (TPSA) is 80.8 Å². The number of fused-ring (bicyclic) bond motifs is 2. The molecule has 0 bridgehead atoms. The summed E-state index contributed by atoms with van der Waals surface area (Å²) in [5.41, 5.74) is 0.664. The number of amides is 1. The van der Waals surface area contributed by atoms with Crippen molar-refractivity contribution in [2.24, 2.45) is 0 Å². The van der Waals surface area contributed by atoms with Crippen LogP contribution in [0.3, 0.4) is 0 Å². The second-order valence-electron chi connectivity index (χ2n) is 7.42. The third kappa shape index (κ3) is 3.63. The second kappa shape index (κ2) is 8.40. The van der Waals surface area contributed by atoms with Crippen LogP contribution in [0.2, 0.25) is 5.02 Å². The number of nitrogens with zero attached hydrogens (tertiary/aromatic N) is 1. The Labute approximate surface area is 178 Å². The van der Waals surface area contributed by atoms with Crippen LogP contribution >= 0.6 is 11.6 Å². The predicted molar refractivity (Wildman–Crippen MR) is 110 cm³/mol. The van der Waals surface area contributed by atoms with Crippen molar-refractivity contribution in [3.8, 4) is 0 Å². The van der Waals surface area contributed by atoms with Gasteiger partial charge in [-0.15, -0.1) is 0 Å². The lowest BCUT2D eigenvalue weighted by atomic mass is 9.83. The zero-order valence-electron chi connectivity index (χ0n) is 16.3. The van der Waals surface area contributed by atoms with E-state index in [0.29, 0.717) is 18.7 Å².